The fourth-order valence-electron chi connectivity index (χ4n) is 1.61. The summed E-state index contributed by atoms with van der Waals surface area (Å²) >= 11 is 0. The summed E-state index contributed by atoms with van der Waals surface area (Å²) < 4.78 is 83.5. The second-order valence-corrected chi connectivity index (χ2v) is 8.11. The van der Waals surface area contributed by atoms with Crippen LogP contribution in [0.2, 0.25) is 0 Å². The number of rotatable bonds is 6. The molecule has 0 amide bonds. The van der Waals surface area contributed by atoms with Crippen LogP contribution >= 0.6 is 8.25 Å². The predicted octanol–water partition coefficient (Wildman–Crippen LogP) is 2.03. The zero-order valence-electron chi connectivity index (χ0n) is 11.7. The molecule has 2 rings (SSSR count). The van der Waals surface area contributed by atoms with Crippen molar-refractivity contribution >= 4 is 28.5 Å². The molecular formula is C12H11O9PS2. The second-order valence-electron chi connectivity index (χ2n) is 4.35. The minimum Gasteiger partial charge on any atom is -0.418 e. The fraction of sp³-hybridized carbons (Fsp3) is 0. The lowest BCUT2D eigenvalue weighted by molar-refractivity contribution is 0.413. The average molecular weight is 394 g/mol. The lowest BCUT2D eigenvalue weighted by atomic mass is 10.3. The van der Waals surface area contributed by atoms with Gasteiger partial charge in [-0.1, -0.05) is 12.1 Å². The molecule has 0 heterocycles. The summed E-state index contributed by atoms with van der Waals surface area (Å²) in [6, 6.07) is 9.18. The van der Waals surface area contributed by atoms with E-state index in [4.69, 9.17) is 18.2 Å². The van der Waals surface area contributed by atoms with Gasteiger partial charge in [-0.05, 0) is 24.3 Å². The number of benzene rings is 2. The van der Waals surface area contributed by atoms with E-state index in [1.165, 1.54) is 24.3 Å². The van der Waals surface area contributed by atoms with E-state index in [0.29, 0.717) is 0 Å². The standard InChI is InChI=1S/C12H11O9PS2/c13-22(20-9-3-1-5-11(7-9)23(14,15)16)21-10-4-2-6-12(8-10)24(17,18)19/h1-8,22H,(H,14,15,16)(H,17,18,19). The van der Waals surface area contributed by atoms with E-state index in [1.807, 2.05) is 0 Å². The molecule has 2 aromatic rings. The average Bonchev–Trinajstić information content (AvgIpc) is 2.46. The van der Waals surface area contributed by atoms with Gasteiger partial charge < -0.3 is 9.05 Å². The first-order valence-electron chi connectivity index (χ1n) is 6.10. The normalized spacial score (nSPS) is 12.1. The van der Waals surface area contributed by atoms with Gasteiger partial charge in [0.25, 0.3) is 20.2 Å². The third-order valence-corrected chi connectivity index (χ3v) is 5.11. The van der Waals surface area contributed by atoms with Crippen LogP contribution in [0.3, 0.4) is 0 Å². The maximum atomic E-state index is 11.8. The van der Waals surface area contributed by atoms with Crippen molar-refractivity contribution in [2.75, 3.05) is 0 Å². The third kappa shape index (κ3) is 5.05. The summed E-state index contributed by atoms with van der Waals surface area (Å²) in [5.74, 6) is -0.278. The molecule has 0 fully saturated rings. The van der Waals surface area contributed by atoms with Gasteiger partial charge >= 0.3 is 8.25 Å². The van der Waals surface area contributed by atoms with Crippen molar-refractivity contribution in [2.45, 2.75) is 9.79 Å². The maximum Gasteiger partial charge on any atom is 0.418 e. The summed E-state index contributed by atoms with van der Waals surface area (Å²) in [5, 5.41) is 0. The van der Waals surface area contributed by atoms with Gasteiger partial charge in [-0.3, -0.25) is 9.11 Å². The molecule has 9 nitrogen and oxygen atoms in total. The predicted molar refractivity (Wildman–Crippen MR) is 82.8 cm³/mol. The molecule has 130 valence electrons. The maximum absolute atomic E-state index is 11.8. The quantitative estimate of drug-likeness (QED) is 0.555. The third-order valence-electron chi connectivity index (χ3n) is 2.61. The van der Waals surface area contributed by atoms with Crippen LogP contribution < -0.4 is 9.05 Å². The lowest BCUT2D eigenvalue weighted by Gasteiger charge is -2.09. The van der Waals surface area contributed by atoms with Crippen LogP contribution in [0.25, 0.3) is 0 Å². The Morgan fingerprint density at radius 3 is 1.46 bits per heavy atom. The van der Waals surface area contributed by atoms with Crippen LogP contribution in [0.15, 0.2) is 58.3 Å². The molecule has 0 bridgehead atoms. The minimum absolute atomic E-state index is 0.139. The van der Waals surface area contributed by atoms with Gasteiger partial charge in [-0.2, -0.15) is 16.8 Å². The van der Waals surface area contributed by atoms with Gasteiger partial charge in [-0.15, -0.1) is 0 Å². The largest absolute Gasteiger partial charge is 0.418 e. The van der Waals surface area contributed by atoms with Gasteiger partial charge in [0.1, 0.15) is 11.5 Å². The molecule has 0 unspecified atom stereocenters. The summed E-state index contributed by atoms with van der Waals surface area (Å²) in [7, 11) is -12.1. The van der Waals surface area contributed by atoms with Crippen molar-refractivity contribution in [3.8, 4) is 11.5 Å². The SMILES string of the molecule is O=[PH](Oc1cccc(S(=O)(=O)O)c1)Oc1cccc(S(=O)(=O)O)c1. The molecule has 0 atom stereocenters. The molecule has 0 saturated heterocycles. The zero-order valence-corrected chi connectivity index (χ0v) is 14.3. The van der Waals surface area contributed by atoms with Crippen LogP contribution in [0.4, 0.5) is 0 Å². The number of hydrogen-bond acceptors (Lipinski definition) is 7. The van der Waals surface area contributed by atoms with Crippen LogP contribution in [-0.4, -0.2) is 25.9 Å². The second kappa shape index (κ2) is 6.91. The Kier molecular flexibility index (Phi) is 5.31. The van der Waals surface area contributed by atoms with Crippen molar-refractivity contribution < 1.29 is 39.6 Å². The van der Waals surface area contributed by atoms with Crippen molar-refractivity contribution in [3.63, 3.8) is 0 Å². The molecule has 0 spiro atoms. The Bertz CT molecular complexity index is 904. The van der Waals surface area contributed by atoms with Crippen LogP contribution in [-0.2, 0) is 24.8 Å². The molecule has 24 heavy (non-hydrogen) atoms. The Morgan fingerprint density at radius 1 is 0.750 bits per heavy atom. The van der Waals surface area contributed by atoms with Gasteiger partial charge in [0, 0.05) is 12.1 Å². The van der Waals surface area contributed by atoms with E-state index in [0.717, 1.165) is 24.3 Å². The first kappa shape index (κ1) is 18.4. The highest BCUT2D eigenvalue weighted by Gasteiger charge is 2.14. The highest BCUT2D eigenvalue weighted by molar-refractivity contribution is 7.86. The summed E-state index contributed by atoms with van der Waals surface area (Å²) in [6.07, 6.45) is 0. The smallest absolute Gasteiger partial charge is 0.418 e. The van der Waals surface area contributed by atoms with Crippen molar-refractivity contribution in [1.82, 2.24) is 0 Å². The topological polar surface area (TPSA) is 144 Å². The van der Waals surface area contributed by atoms with Crippen LogP contribution in [0.1, 0.15) is 0 Å². The van der Waals surface area contributed by atoms with Gasteiger partial charge in [0.05, 0.1) is 9.79 Å². The molecule has 0 aliphatic rings. The zero-order chi connectivity index (χ0) is 18.0. The van der Waals surface area contributed by atoms with E-state index >= 15 is 0 Å². The Morgan fingerprint density at radius 2 is 1.12 bits per heavy atom. The monoisotopic (exact) mass is 394 g/mol. The van der Waals surface area contributed by atoms with Gasteiger partial charge in [0.15, 0.2) is 0 Å². The molecule has 2 N–H and O–H groups in total. The summed E-state index contributed by atoms with van der Waals surface area (Å²) in [4.78, 5) is -0.911. The van der Waals surface area contributed by atoms with Gasteiger partial charge in [-0.25, -0.2) is 4.57 Å². The molecule has 0 aliphatic carbocycles. The van der Waals surface area contributed by atoms with E-state index in [1.54, 1.807) is 0 Å². The molecule has 0 aromatic heterocycles. The molecule has 0 radical (unpaired) electrons. The molecular weight excluding hydrogens is 383 g/mol. The highest BCUT2D eigenvalue weighted by Crippen LogP contribution is 2.32. The van der Waals surface area contributed by atoms with Crippen LogP contribution in [0.5, 0.6) is 11.5 Å². The fourth-order valence-corrected chi connectivity index (χ4v) is 3.32. The highest BCUT2D eigenvalue weighted by atomic mass is 32.2. The van der Waals surface area contributed by atoms with E-state index in [-0.39, 0.29) is 11.5 Å². The number of hydrogen-bond donors (Lipinski definition) is 2. The molecule has 2 aromatic carbocycles. The lowest BCUT2D eigenvalue weighted by Crippen LogP contribution is -1.99. The Balaban J connectivity index is 2.15. The van der Waals surface area contributed by atoms with E-state index in [2.05, 4.69) is 0 Å². The van der Waals surface area contributed by atoms with Crippen molar-refractivity contribution in [1.29, 1.82) is 0 Å². The Hall–Kier alpha value is -1.91. The first-order valence-corrected chi connectivity index (χ1v) is 10.2. The minimum atomic E-state index is -4.45. The van der Waals surface area contributed by atoms with Crippen LogP contribution in [0, 0.1) is 0 Å². The molecule has 0 saturated carbocycles. The Labute approximate surface area is 138 Å². The van der Waals surface area contributed by atoms with Gasteiger partial charge in [0.2, 0.25) is 0 Å². The molecule has 0 aliphatic heterocycles. The van der Waals surface area contributed by atoms with E-state index in [9.17, 15) is 21.4 Å². The summed E-state index contributed by atoms with van der Waals surface area (Å²) in [5.41, 5.74) is 0. The molecule has 12 heteroatoms. The first-order chi connectivity index (χ1) is 11.1. The van der Waals surface area contributed by atoms with Crippen molar-refractivity contribution in [2.24, 2.45) is 0 Å². The van der Waals surface area contributed by atoms with E-state index < -0.39 is 38.3 Å². The summed E-state index contributed by atoms with van der Waals surface area (Å²) in [6.45, 7) is 0. The van der Waals surface area contributed by atoms with Crippen molar-refractivity contribution in [3.05, 3.63) is 48.5 Å².